The van der Waals surface area contributed by atoms with Gasteiger partial charge in [0.25, 0.3) is 10.0 Å². The van der Waals surface area contributed by atoms with Crippen molar-refractivity contribution >= 4 is 21.8 Å². The molecule has 0 bridgehead atoms. The SMILES string of the molecule is C/C=C/c1ccc(COc2cc(C(F)(F)F)ccc2N(C(C)C)S(=O)(=O)c2ccco2)cc1. The standard InChI is InChI=1S/C24H24F3NO4S/c1-4-6-18-8-10-19(11-9-18)16-32-22-15-20(24(25,26)27)12-13-21(22)28(17(2)3)33(29,30)23-7-5-14-31-23/h4-15,17H,16H2,1-3H3/b6-4+. The zero-order valence-corrected chi connectivity index (χ0v) is 19.2. The van der Waals surface area contributed by atoms with Gasteiger partial charge in [-0.2, -0.15) is 21.6 Å². The van der Waals surface area contributed by atoms with Gasteiger partial charge in [0.2, 0.25) is 5.09 Å². The molecule has 0 saturated heterocycles. The Morgan fingerprint density at radius 3 is 2.33 bits per heavy atom. The average molecular weight is 480 g/mol. The van der Waals surface area contributed by atoms with Crippen LogP contribution in [0.5, 0.6) is 5.75 Å². The van der Waals surface area contributed by atoms with Crippen LogP contribution in [-0.4, -0.2) is 14.5 Å². The van der Waals surface area contributed by atoms with E-state index in [1.807, 2.05) is 31.2 Å². The lowest BCUT2D eigenvalue weighted by molar-refractivity contribution is -0.137. The summed E-state index contributed by atoms with van der Waals surface area (Å²) in [5.74, 6) is -0.203. The number of nitrogens with zero attached hydrogens (tertiary/aromatic N) is 1. The van der Waals surface area contributed by atoms with E-state index in [0.717, 1.165) is 33.6 Å². The Balaban J connectivity index is 2.03. The van der Waals surface area contributed by atoms with Crippen LogP contribution in [0.3, 0.4) is 0 Å². The fraction of sp³-hybridized carbons (Fsp3) is 0.250. The number of hydrogen-bond acceptors (Lipinski definition) is 4. The zero-order chi connectivity index (χ0) is 24.2. The highest BCUT2D eigenvalue weighted by atomic mass is 32.2. The largest absolute Gasteiger partial charge is 0.487 e. The van der Waals surface area contributed by atoms with E-state index in [9.17, 15) is 21.6 Å². The maximum atomic E-state index is 13.4. The topological polar surface area (TPSA) is 59.8 Å². The second-order valence-corrected chi connectivity index (χ2v) is 9.28. The summed E-state index contributed by atoms with van der Waals surface area (Å²) in [6.07, 6.45) is 0.399. The highest BCUT2D eigenvalue weighted by molar-refractivity contribution is 7.92. The fourth-order valence-corrected chi connectivity index (χ4v) is 4.85. The van der Waals surface area contributed by atoms with Crippen LogP contribution in [0, 0.1) is 0 Å². The van der Waals surface area contributed by atoms with E-state index >= 15 is 0 Å². The smallest absolute Gasteiger partial charge is 0.416 e. The van der Waals surface area contributed by atoms with Gasteiger partial charge in [0.1, 0.15) is 12.4 Å². The highest BCUT2D eigenvalue weighted by Crippen LogP contribution is 2.39. The van der Waals surface area contributed by atoms with Crippen LogP contribution in [-0.2, 0) is 22.8 Å². The van der Waals surface area contributed by atoms with Gasteiger partial charge in [-0.05, 0) is 62.2 Å². The third kappa shape index (κ3) is 5.60. The Morgan fingerprint density at radius 1 is 1.09 bits per heavy atom. The van der Waals surface area contributed by atoms with Crippen molar-refractivity contribution in [2.45, 2.75) is 44.7 Å². The van der Waals surface area contributed by atoms with Crippen LogP contribution < -0.4 is 9.04 Å². The number of sulfonamides is 1. The number of alkyl halides is 3. The molecule has 2 aromatic carbocycles. The minimum Gasteiger partial charge on any atom is -0.487 e. The summed E-state index contributed by atoms with van der Waals surface area (Å²) in [5.41, 5.74) is 0.733. The van der Waals surface area contributed by atoms with E-state index < -0.39 is 27.8 Å². The summed E-state index contributed by atoms with van der Waals surface area (Å²) < 4.78 is 78.4. The number of halogens is 3. The van der Waals surface area contributed by atoms with E-state index in [1.165, 1.54) is 18.4 Å². The minimum absolute atomic E-state index is 0.0139. The minimum atomic E-state index is -4.62. The molecule has 0 N–H and O–H groups in total. The molecular weight excluding hydrogens is 455 g/mol. The van der Waals surface area contributed by atoms with Crippen LogP contribution in [0.25, 0.3) is 6.08 Å². The predicted octanol–water partition coefficient (Wildman–Crippen LogP) is 6.51. The molecule has 3 rings (SSSR count). The molecule has 0 aliphatic rings. The Kier molecular flexibility index (Phi) is 7.22. The summed E-state index contributed by atoms with van der Waals surface area (Å²) in [4.78, 5) is 0. The molecule has 1 aromatic heterocycles. The molecule has 0 fully saturated rings. The lowest BCUT2D eigenvalue weighted by atomic mass is 10.1. The van der Waals surface area contributed by atoms with Crippen molar-refractivity contribution in [3.05, 3.63) is 83.6 Å². The Bertz CT molecular complexity index is 1200. The Morgan fingerprint density at radius 2 is 1.79 bits per heavy atom. The van der Waals surface area contributed by atoms with Crippen molar-refractivity contribution in [1.29, 1.82) is 0 Å². The maximum absolute atomic E-state index is 13.4. The van der Waals surface area contributed by atoms with Crippen molar-refractivity contribution in [3.63, 3.8) is 0 Å². The molecule has 3 aromatic rings. The molecular formula is C24H24F3NO4S. The number of rotatable bonds is 8. The number of hydrogen-bond donors (Lipinski definition) is 0. The summed E-state index contributed by atoms with van der Waals surface area (Å²) in [6, 6.07) is 12.1. The van der Waals surface area contributed by atoms with Crippen molar-refractivity contribution in [2.24, 2.45) is 0 Å². The summed E-state index contributed by atoms with van der Waals surface area (Å²) in [7, 11) is -4.18. The molecule has 0 aliphatic carbocycles. The predicted molar refractivity (Wildman–Crippen MR) is 120 cm³/mol. The molecule has 0 unspecified atom stereocenters. The first kappa shape index (κ1) is 24.4. The monoisotopic (exact) mass is 479 g/mol. The van der Waals surface area contributed by atoms with Gasteiger partial charge in [0.15, 0.2) is 0 Å². The third-order valence-corrected chi connectivity index (χ3v) is 6.61. The highest BCUT2D eigenvalue weighted by Gasteiger charge is 2.35. The average Bonchev–Trinajstić information content (AvgIpc) is 3.29. The third-order valence-electron chi connectivity index (χ3n) is 4.74. The van der Waals surface area contributed by atoms with Gasteiger partial charge in [-0.15, -0.1) is 0 Å². The van der Waals surface area contributed by atoms with Crippen LogP contribution in [0.2, 0.25) is 0 Å². The molecule has 176 valence electrons. The summed E-state index contributed by atoms with van der Waals surface area (Å²) >= 11 is 0. The van der Waals surface area contributed by atoms with Gasteiger partial charge in [0, 0.05) is 6.04 Å². The first-order chi connectivity index (χ1) is 15.5. The molecule has 0 aliphatic heterocycles. The van der Waals surface area contributed by atoms with E-state index in [4.69, 9.17) is 9.15 Å². The second-order valence-electron chi connectivity index (χ2n) is 7.54. The Labute approximate surface area is 191 Å². The van der Waals surface area contributed by atoms with Crippen molar-refractivity contribution in [1.82, 2.24) is 0 Å². The number of benzene rings is 2. The first-order valence-corrected chi connectivity index (χ1v) is 11.6. The quantitative estimate of drug-likeness (QED) is 0.369. The molecule has 0 spiro atoms. The molecule has 0 amide bonds. The normalized spacial score (nSPS) is 12.5. The van der Waals surface area contributed by atoms with E-state index in [0.29, 0.717) is 0 Å². The lowest BCUT2D eigenvalue weighted by Crippen LogP contribution is -2.37. The van der Waals surface area contributed by atoms with E-state index in [2.05, 4.69) is 0 Å². The van der Waals surface area contributed by atoms with Crippen molar-refractivity contribution in [3.8, 4) is 5.75 Å². The molecule has 1 heterocycles. The van der Waals surface area contributed by atoms with Gasteiger partial charge in [-0.1, -0.05) is 36.4 Å². The molecule has 0 radical (unpaired) electrons. The number of anilines is 1. The Hall–Kier alpha value is -3.20. The maximum Gasteiger partial charge on any atom is 0.416 e. The van der Waals surface area contributed by atoms with E-state index in [-0.39, 0.29) is 23.1 Å². The second kappa shape index (κ2) is 9.74. The number of furan rings is 1. The van der Waals surface area contributed by atoms with Crippen LogP contribution in [0.15, 0.2) is 76.4 Å². The summed E-state index contributed by atoms with van der Waals surface area (Å²) in [6.45, 7) is 5.07. The van der Waals surface area contributed by atoms with Gasteiger partial charge >= 0.3 is 6.18 Å². The summed E-state index contributed by atoms with van der Waals surface area (Å²) in [5, 5.41) is -0.318. The number of ether oxygens (including phenoxy) is 1. The van der Waals surface area contributed by atoms with Gasteiger partial charge in [0.05, 0.1) is 17.5 Å². The molecule has 33 heavy (non-hydrogen) atoms. The molecule has 5 nitrogen and oxygen atoms in total. The van der Waals surface area contributed by atoms with Gasteiger partial charge < -0.3 is 9.15 Å². The van der Waals surface area contributed by atoms with Gasteiger partial charge in [-0.25, -0.2) is 0 Å². The van der Waals surface area contributed by atoms with Gasteiger partial charge in [-0.3, -0.25) is 4.31 Å². The van der Waals surface area contributed by atoms with Crippen LogP contribution in [0.4, 0.5) is 18.9 Å². The van der Waals surface area contributed by atoms with Crippen LogP contribution in [0.1, 0.15) is 37.5 Å². The molecule has 0 saturated carbocycles. The van der Waals surface area contributed by atoms with Crippen LogP contribution >= 0.6 is 0 Å². The molecule has 0 atom stereocenters. The van der Waals surface area contributed by atoms with Crippen molar-refractivity contribution in [2.75, 3.05) is 4.31 Å². The van der Waals surface area contributed by atoms with E-state index in [1.54, 1.807) is 26.0 Å². The molecule has 9 heteroatoms. The number of allylic oxidation sites excluding steroid dienone is 1. The lowest BCUT2D eigenvalue weighted by Gasteiger charge is -2.29. The zero-order valence-electron chi connectivity index (χ0n) is 18.3. The first-order valence-electron chi connectivity index (χ1n) is 10.2. The fourth-order valence-electron chi connectivity index (χ4n) is 3.26. The van der Waals surface area contributed by atoms with Crippen molar-refractivity contribution < 1.29 is 30.7 Å².